The summed E-state index contributed by atoms with van der Waals surface area (Å²) in [6.07, 6.45) is 0. The Labute approximate surface area is 174 Å². The Morgan fingerprint density at radius 3 is 2.17 bits per heavy atom. The largest absolute Gasteiger partial charge is 0.357 e. The van der Waals surface area contributed by atoms with Crippen LogP contribution < -0.4 is 10.6 Å². The summed E-state index contributed by atoms with van der Waals surface area (Å²) in [4.78, 5) is 30.5. The number of likely N-dealkylation sites (N-methyl/N-ethyl adjacent to an activating group) is 1. The van der Waals surface area contributed by atoms with Crippen molar-refractivity contribution in [3.8, 4) is 11.3 Å². The van der Waals surface area contributed by atoms with Gasteiger partial charge in [-0.05, 0) is 17.7 Å². The zero-order valence-electron chi connectivity index (χ0n) is 16.5. The van der Waals surface area contributed by atoms with Gasteiger partial charge in [-0.15, -0.1) is 0 Å². The third kappa shape index (κ3) is 3.91. The summed E-state index contributed by atoms with van der Waals surface area (Å²) in [7, 11) is 1.56. The molecule has 3 aromatic carbocycles. The fourth-order valence-corrected chi connectivity index (χ4v) is 3.42. The van der Waals surface area contributed by atoms with Crippen LogP contribution >= 0.6 is 0 Å². The Bertz CT molecular complexity index is 1190. The number of nitrogens with one attached hydrogen (secondary N) is 2. The summed E-state index contributed by atoms with van der Waals surface area (Å²) in [5, 5.41) is 6.26. The number of aromatic nitrogens is 1. The lowest BCUT2D eigenvalue weighted by Gasteiger charge is -2.18. The summed E-state index contributed by atoms with van der Waals surface area (Å²) < 4.78 is 0. The van der Waals surface area contributed by atoms with Crippen LogP contribution in [0.25, 0.3) is 22.2 Å². The van der Waals surface area contributed by atoms with E-state index in [0.29, 0.717) is 16.8 Å². The molecule has 1 atom stereocenters. The molecule has 0 aliphatic carbocycles. The van der Waals surface area contributed by atoms with Gasteiger partial charge in [-0.2, -0.15) is 0 Å². The zero-order chi connectivity index (χ0) is 20.9. The van der Waals surface area contributed by atoms with Crippen molar-refractivity contribution in [1.82, 2.24) is 15.6 Å². The number of para-hydroxylation sites is 1. The molecule has 0 saturated carbocycles. The van der Waals surface area contributed by atoms with Gasteiger partial charge < -0.3 is 10.6 Å². The van der Waals surface area contributed by atoms with Gasteiger partial charge in [-0.3, -0.25) is 9.59 Å². The molecule has 0 fully saturated rings. The van der Waals surface area contributed by atoms with Gasteiger partial charge in [0.25, 0.3) is 5.91 Å². The first kappa shape index (κ1) is 19.3. The first-order valence-electron chi connectivity index (χ1n) is 9.70. The predicted octanol–water partition coefficient (Wildman–Crippen LogP) is 4.12. The number of nitrogens with zero attached hydrogens (tertiary/aromatic N) is 1. The van der Waals surface area contributed by atoms with E-state index in [9.17, 15) is 9.59 Å². The van der Waals surface area contributed by atoms with Crippen molar-refractivity contribution in [3.63, 3.8) is 0 Å². The van der Waals surface area contributed by atoms with E-state index in [1.807, 2.05) is 84.9 Å². The van der Waals surface area contributed by atoms with E-state index in [2.05, 4.69) is 10.6 Å². The molecular weight excluding hydrogens is 374 g/mol. The number of hydrogen-bond acceptors (Lipinski definition) is 3. The summed E-state index contributed by atoms with van der Waals surface area (Å²) >= 11 is 0. The Morgan fingerprint density at radius 1 is 0.833 bits per heavy atom. The summed E-state index contributed by atoms with van der Waals surface area (Å²) in [6.45, 7) is 0. The van der Waals surface area contributed by atoms with Crippen LogP contribution in [-0.4, -0.2) is 23.8 Å². The number of rotatable bonds is 5. The number of pyridine rings is 1. The molecule has 0 radical (unpaired) electrons. The van der Waals surface area contributed by atoms with Crippen LogP contribution in [0.5, 0.6) is 0 Å². The van der Waals surface area contributed by atoms with Gasteiger partial charge in [-0.1, -0.05) is 78.9 Å². The minimum Gasteiger partial charge on any atom is -0.357 e. The lowest BCUT2D eigenvalue weighted by Crippen LogP contribution is -2.39. The summed E-state index contributed by atoms with van der Waals surface area (Å²) in [6, 6.07) is 27.4. The van der Waals surface area contributed by atoms with E-state index in [1.165, 1.54) is 0 Å². The SMILES string of the molecule is CNC(=O)[C@H](NC(=O)c1cc(-c2ccccc2)nc2ccccc12)c1ccccc1. The van der Waals surface area contributed by atoms with Crippen molar-refractivity contribution in [2.75, 3.05) is 7.05 Å². The normalized spacial score (nSPS) is 11.6. The number of carbonyl (C=O) groups excluding carboxylic acids is 2. The minimum atomic E-state index is -0.796. The second-order valence-corrected chi connectivity index (χ2v) is 6.87. The molecule has 5 nitrogen and oxygen atoms in total. The van der Waals surface area contributed by atoms with Crippen molar-refractivity contribution >= 4 is 22.7 Å². The lowest BCUT2D eigenvalue weighted by atomic mass is 10.0. The minimum absolute atomic E-state index is 0.281. The Hall–Kier alpha value is -3.99. The maximum absolute atomic E-state index is 13.3. The van der Waals surface area contributed by atoms with Gasteiger partial charge in [0.05, 0.1) is 16.8 Å². The third-order valence-electron chi connectivity index (χ3n) is 4.95. The van der Waals surface area contributed by atoms with Crippen molar-refractivity contribution in [2.24, 2.45) is 0 Å². The fourth-order valence-electron chi connectivity index (χ4n) is 3.42. The highest BCUT2D eigenvalue weighted by Crippen LogP contribution is 2.25. The van der Waals surface area contributed by atoms with E-state index in [4.69, 9.17) is 4.98 Å². The van der Waals surface area contributed by atoms with Gasteiger partial charge >= 0.3 is 0 Å². The number of carbonyl (C=O) groups is 2. The second kappa shape index (κ2) is 8.57. The number of benzene rings is 3. The third-order valence-corrected chi connectivity index (χ3v) is 4.95. The van der Waals surface area contributed by atoms with Gasteiger partial charge in [0, 0.05) is 18.0 Å². The molecule has 0 aliphatic rings. The van der Waals surface area contributed by atoms with Crippen molar-refractivity contribution in [1.29, 1.82) is 0 Å². The standard InChI is InChI=1S/C25H21N3O2/c1-26-25(30)23(18-12-6-3-7-13-18)28-24(29)20-16-22(17-10-4-2-5-11-17)27-21-15-9-8-14-19(20)21/h2-16,23H,1H3,(H,26,30)(H,28,29)/t23-/m1/s1. The fraction of sp³-hybridized carbons (Fsp3) is 0.0800. The monoisotopic (exact) mass is 395 g/mol. The molecule has 1 aromatic heterocycles. The van der Waals surface area contributed by atoms with Crippen LogP contribution in [0.2, 0.25) is 0 Å². The maximum Gasteiger partial charge on any atom is 0.252 e. The molecule has 0 bridgehead atoms. The predicted molar refractivity (Wildman–Crippen MR) is 118 cm³/mol. The van der Waals surface area contributed by atoms with Crippen LogP contribution in [0.1, 0.15) is 22.0 Å². The molecule has 4 aromatic rings. The van der Waals surface area contributed by atoms with Gasteiger partial charge in [0.15, 0.2) is 0 Å². The number of amides is 2. The van der Waals surface area contributed by atoms with E-state index in [0.717, 1.165) is 16.5 Å². The molecule has 2 amide bonds. The van der Waals surface area contributed by atoms with E-state index < -0.39 is 6.04 Å². The van der Waals surface area contributed by atoms with Crippen molar-refractivity contribution in [3.05, 3.63) is 102 Å². The molecule has 30 heavy (non-hydrogen) atoms. The van der Waals surface area contributed by atoms with Gasteiger partial charge in [0.1, 0.15) is 6.04 Å². The first-order valence-corrected chi connectivity index (χ1v) is 9.70. The molecule has 0 saturated heterocycles. The van der Waals surface area contributed by atoms with Crippen LogP contribution in [0.4, 0.5) is 0 Å². The molecule has 1 heterocycles. The maximum atomic E-state index is 13.3. The average molecular weight is 395 g/mol. The van der Waals surface area contributed by atoms with E-state index >= 15 is 0 Å². The highest BCUT2D eigenvalue weighted by Gasteiger charge is 2.23. The first-order chi connectivity index (χ1) is 14.7. The number of hydrogen-bond donors (Lipinski definition) is 2. The molecule has 0 spiro atoms. The molecule has 5 heteroatoms. The summed E-state index contributed by atoms with van der Waals surface area (Å²) in [5.74, 6) is -0.612. The van der Waals surface area contributed by atoms with Crippen LogP contribution in [0.15, 0.2) is 91.0 Å². The van der Waals surface area contributed by atoms with E-state index in [-0.39, 0.29) is 11.8 Å². The zero-order valence-corrected chi connectivity index (χ0v) is 16.5. The van der Waals surface area contributed by atoms with Gasteiger partial charge in [-0.25, -0.2) is 4.98 Å². The number of fused-ring (bicyclic) bond motifs is 1. The molecule has 148 valence electrons. The quantitative estimate of drug-likeness (QED) is 0.534. The molecule has 0 unspecified atom stereocenters. The Balaban J connectivity index is 1.77. The van der Waals surface area contributed by atoms with Crippen LogP contribution in [0, 0.1) is 0 Å². The second-order valence-electron chi connectivity index (χ2n) is 6.87. The Morgan fingerprint density at radius 2 is 1.47 bits per heavy atom. The molecule has 4 rings (SSSR count). The summed E-state index contributed by atoms with van der Waals surface area (Å²) in [5.41, 5.74) is 3.54. The smallest absolute Gasteiger partial charge is 0.252 e. The van der Waals surface area contributed by atoms with Gasteiger partial charge in [0.2, 0.25) is 5.91 Å². The highest BCUT2D eigenvalue weighted by atomic mass is 16.2. The molecule has 0 aliphatic heterocycles. The molecular formula is C25H21N3O2. The van der Waals surface area contributed by atoms with Crippen molar-refractivity contribution < 1.29 is 9.59 Å². The lowest BCUT2D eigenvalue weighted by molar-refractivity contribution is -0.122. The van der Waals surface area contributed by atoms with Crippen LogP contribution in [0.3, 0.4) is 0 Å². The van der Waals surface area contributed by atoms with Crippen LogP contribution in [-0.2, 0) is 4.79 Å². The van der Waals surface area contributed by atoms with E-state index in [1.54, 1.807) is 13.1 Å². The van der Waals surface area contributed by atoms with Crippen molar-refractivity contribution in [2.45, 2.75) is 6.04 Å². The Kier molecular flexibility index (Phi) is 5.52. The average Bonchev–Trinajstić information content (AvgIpc) is 2.82. The topological polar surface area (TPSA) is 71.1 Å². The molecule has 2 N–H and O–H groups in total. The highest BCUT2D eigenvalue weighted by molar-refractivity contribution is 6.08.